The molecule has 0 saturated heterocycles. The molecule has 3 heterocycles. The highest BCUT2D eigenvalue weighted by Gasteiger charge is 2.17. The number of halogens is 1. The Bertz CT molecular complexity index is 2100. The molecule has 7 rings (SSSR count). The lowest BCUT2D eigenvalue weighted by Crippen LogP contribution is -1.94. The van der Waals surface area contributed by atoms with Gasteiger partial charge in [-0.05, 0) is 88.6 Å². The maximum atomic E-state index is 6.26. The lowest BCUT2D eigenvalue weighted by molar-refractivity contribution is 0.416. The fraction of sp³-hybridized carbons (Fsp3) is 0.0526. The molecular formula is C38H27BrN2O2. The first-order valence-corrected chi connectivity index (χ1v) is 14.8. The number of nitrogens with zero attached hydrogens (tertiary/aromatic N) is 2. The monoisotopic (exact) mass is 622 g/mol. The Labute approximate surface area is 258 Å². The van der Waals surface area contributed by atoms with E-state index in [4.69, 9.17) is 19.1 Å². The van der Waals surface area contributed by atoms with E-state index in [-0.39, 0.29) is 0 Å². The highest BCUT2D eigenvalue weighted by atomic mass is 79.9. The third-order valence-electron chi connectivity index (χ3n) is 7.52. The number of rotatable bonds is 6. The van der Waals surface area contributed by atoms with Gasteiger partial charge in [0.15, 0.2) is 0 Å². The zero-order valence-electron chi connectivity index (χ0n) is 23.7. The van der Waals surface area contributed by atoms with E-state index in [9.17, 15) is 0 Å². The van der Waals surface area contributed by atoms with Crippen molar-refractivity contribution in [1.29, 1.82) is 0 Å². The topological polar surface area (TPSA) is 48.2 Å². The second kappa shape index (κ2) is 11.3. The van der Waals surface area contributed by atoms with Crippen LogP contribution in [0, 0.1) is 6.92 Å². The predicted octanol–water partition coefficient (Wildman–Crippen LogP) is 10.6. The largest absolute Gasteiger partial charge is 0.496 e. The standard InChI is InChI=1S/C38H27BrN2O2/c1-24-19-29(38-37(39)31-16-7-9-18-36(31)43-38)23-32(40-24)26-13-10-14-27(20-26)33-21-28(25-11-4-3-5-12-25)22-34(41-33)30-15-6-8-17-35(30)42-2/h3-23H,1-2H3. The van der Waals surface area contributed by atoms with E-state index in [0.717, 1.165) is 83.1 Å². The van der Waals surface area contributed by atoms with Gasteiger partial charge in [-0.2, -0.15) is 0 Å². The van der Waals surface area contributed by atoms with Gasteiger partial charge in [-0.3, -0.25) is 4.98 Å². The molecule has 3 aromatic heterocycles. The number of hydrogen-bond acceptors (Lipinski definition) is 4. The molecule has 0 aliphatic heterocycles. The maximum Gasteiger partial charge on any atom is 0.149 e. The Kier molecular flexibility index (Phi) is 7.09. The van der Waals surface area contributed by atoms with Crippen molar-refractivity contribution in [3.05, 3.63) is 138 Å². The smallest absolute Gasteiger partial charge is 0.149 e. The molecule has 0 bridgehead atoms. The van der Waals surface area contributed by atoms with Gasteiger partial charge in [-0.1, -0.05) is 72.8 Å². The summed E-state index contributed by atoms with van der Waals surface area (Å²) in [6.07, 6.45) is 0. The van der Waals surface area contributed by atoms with Gasteiger partial charge in [0.05, 0.1) is 28.7 Å². The molecule has 0 amide bonds. The molecule has 0 atom stereocenters. The van der Waals surface area contributed by atoms with Crippen LogP contribution in [0.1, 0.15) is 5.69 Å². The summed E-state index contributed by atoms with van der Waals surface area (Å²) in [7, 11) is 1.69. The molecule has 4 aromatic carbocycles. The predicted molar refractivity (Wildman–Crippen MR) is 178 cm³/mol. The van der Waals surface area contributed by atoms with Crippen LogP contribution in [0.4, 0.5) is 0 Å². The SMILES string of the molecule is COc1ccccc1-c1cc(-c2ccccc2)cc(-c2cccc(-c3cc(-c4oc5ccccc5c4Br)cc(C)n3)c2)n1. The number of furan rings is 1. The summed E-state index contributed by atoms with van der Waals surface area (Å²) in [5.41, 5.74) is 10.5. The average Bonchev–Trinajstić information content (AvgIpc) is 3.41. The van der Waals surface area contributed by atoms with Crippen LogP contribution >= 0.6 is 15.9 Å². The lowest BCUT2D eigenvalue weighted by atomic mass is 9.98. The molecule has 43 heavy (non-hydrogen) atoms. The van der Waals surface area contributed by atoms with Crippen molar-refractivity contribution >= 4 is 26.9 Å². The van der Waals surface area contributed by atoms with E-state index < -0.39 is 0 Å². The van der Waals surface area contributed by atoms with Gasteiger partial charge in [0.25, 0.3) is 0 Å². The van der Waals surface area contributed by atoms with E-state index in [1.54, 1.807) is 7.11 Å². The summed E-state index contributed by atoms with van der Waals surface area (Å²) in [5, 5.41) is 1.05. The van der Waals surface area contributed by atoms with E-state index in [1.807, 2.05) is 55.5 Å². The Balaban J connectivity index is 1.35. The van der Waals surface area contributed by atoms with Crippen molar-refractivity contribution in [2.24, 2.45) is 0 Å². The Morgan fingerprint density at radius 3 is 2.02 bits per heavy atom. The number of fused-ring (bicyclic) bond motifs is 1. The Hall–Kier alpha value is -5.00. The normalized spacial score (nSPS) is 11.1. The summed E-state index contributed by atoms with van der Waals surface area (Å²) in [4.78, 5) is 10.0. The van der Waals surface area contributed by atoms with Crippen LogP contribution < -0.4 is 4.74 Å². The quantitative estimate of drug-likeness (QED) is 0.185. The Morgan fingerprint density at radius 2 is 1.23 bits per heavy atom. The molecule has 0 aliphatic rings. The van der Waals surface area contributed by atoms with Gasteiger partial charge in [-0.15, -0.1) is 0 Å². The second-order valence-corrected chi connectivity index (χ2v) is 11.2. The first kappa shape index (κ1) is 26.9. The average molecular weight is 624 g/mol. The molecule has 0 N–H and O–H groups in total. The molecule has 0 saturated carbocycles. The summed E-state index contributed by atoms with van der Waals surface area (Å²) in [6, 6.07) is 43.2. The molecule has 0 radical (unpaired) electrons. The van der Waals surface area contributed by atoms with E-state index >= 15 is 0 Å². The molecule has 0 unspecified atom stereocenters. The number of ether oxygens (including phenoxy) is 1. The van der Waals surface area contributed by atoms with Crippen molar-refractivity contribution in [2.45, 2.75) is 6.92 Å². The third-order valence-corrected chi connectivity index (χ3v) is 8.31. The van der Waals surface area contributed by atoms with E-state index in [1.165, 1.54) is 0 Å². The van der Waals surface area contributed by atoms with Gasteiger partial charge in [0.2, 0.25) is 0 Å². The van der Waals surface area contributed by atoms with Gasteiger partial charge >= 0.3 is 0 Å². The van der Waals surface area contributed by atoms with Crippen LogP contribution in [-0.4, -0.2) is 17.1 Å². The minimum atomic E-state index is 0.785. The number of aryl methyl sites for hydroxylation is 1. The first-order valence-electron chi connectivity index (χ1n) is 14.1. The number of para-hydroxylation sites is 2. The van der Waals surface area contributed by atoms with Gasteiger partial charge < -0.3 is 9.15 Å². The van der Waals surface area contributed by atoms with Crippen molar-refractivity contribution in [1.82, 2.24) is 9.97 Å². The van der Waals surface area contributed by atoms with E-state index in [2.05, 4.69) is 94.8 Å². The minimum Gasteiger partial charge on any atom is -0.496 e. The third kappa shape index (κ3) is 5.24. The van der Waals surface area contributed by atoms with Crippen LogP contribution in [0.5, 0.6) is 5.75 Å². The zero-order valence-corrected chi connectivity index (χ0v) is 25.3. The van der Waals surface area contributed by atoms with Crippen LogP contribution in [0.2, 0.25) is 0 Å². The molecule has 208 valence electrons. The molecule has 7 aromatic rings. The van der Waals surface area contributed by atoms with Crippen molar-refractivity contribution in [2.75, 3.05) is 7.11 Å². The van der Waals surface area contributed by atoms with Crippen molar-refractivity contribution in [3.63, 3.8) is 0 Å². The fourth-order valence-corrected chi connectivity index (χ4v) is 6.09. The Morgan fingerprint density at radius 1 is 0.581 bits per heavy atom. The van der Waals surface area contributed by atoms with Crippen molar-refractivity contribution in [3.8, 4) is 62.0 Å². The van der Waals surface area contributed by atoms with Crippen LogP contribution in [0.3, 0.4) is 0 Å². The molecule has 4 nitrogen and oxygen atoms in total. The van der Waals surface area contributed by atoms with Gasteiger partial charge in [-0.25, -0.2) is 4.98 Å². The van der Waals surface area contributed by atoms with Gasteiger partial charge in [0.1, 0.15) is 17.1 Å². The van der Waals surface area contributed by atoms with Crippen LogP contribution in [-0.2, 0) is 0 Å². The lowest BCUT2D eigenvalue weighted by Gasteiger charge is -2.13. The number of pyridine rings is 2. The summed E-state index contributed by atoms with van der Waals surface area (Å²) < 4.78 is 12.9. The molecule has 0 spiro atoms. The molecule has 0 aliphatic carbocycles. The zero-order chi connectivity index (χ0) is 29.3. The summed E-state index contributed by atoms with van der Waals surface area (Å²) in [5.74, 6) is 1.58. The molecular weight excluding hydrogens is 596 g/mol. The van der Waals surface area contributed by atoms with Gasteiger partial charge in [0, 0.05) is 33.3 Å². The van der Waals surface area contributed by atoms with E-state index in [0.29, 0.717) is 0 Å². The molecule has 0 fully saturated rings. The van der Waals surface area contributed by atoms with Crippen molar-refractivity contribution < 1.29 is 9.15 Å². The number of benzene rings is 4. The highest BCUT2D eigenvalue weighted by molar-refractivity contribution is 9.10. The first-order chi connectivity index (χ1) is 21.1. The summed E-state index contributed by atoms with van der Waals surface area (Å²) >= 11 is 3.77. The maximum absolute atomic E-state index is 6.26. The fourth-order valence-electron chi connectivity index (χ4n) is 5.46. The molecule has 5 heteroatoms. The number of methoxy groups -OCH3 is 1. The highest BCUT2D eigenvalue weighted by Crippen LogP contribution is 2.39. The minimum absolute atomic E-state index is 0.785. The van der Waals surface area contributed by atoms with Crippen LogP contribution in [0.15, 0.2) is 136 Å². The number of aromatic nitrogens is 2. The summed E-state index contributed by atoms with van der Waals surface area (Å²) in [6.45, 7) is 2.01. The van der Waals surface area contributed by atoms with Crippen LogP contribution in [0.25, 0.3) is 67.2 Å². The second-order valence-electron chi connectivity index (χ2n) is 10.4. The number of hydrogen-bond donors (Lipinski definition) is 0.